The second kappa shape index (κ2) is 33.6. The SMILES string of the molecule is c1ccc(-c2cc3ccccc3c(-c3ccc(-n4c5ccccc5c5cc(-c6ccc7c(c6)c6ccccc6n7-c6ccc(-c7nc(-c8ccccc8)nc8ccccc78)cc6)ccc54)cc3)n2)cc1.c1ccc(-c2nc(-c3ccc(-n4c5ccccc5c5cc(-c6ccc7c(c6)c6ccccc6n7-c6ccc(-c7nc(-c8ccccc8)c8ccccc8n7)cc6)ccc54)cc3)nc3ccccc23)cc1. The lowest BCUT2D eigenvalue weighted by molar-refractivity contribution is 1.17. The molecule has 0 fully saturated rings. The zero-order valence-electron chi connectivity index (χ0n) is 75.7. The number of hydrogen-bond acceptors (Lipinski definition) is 7. The van der Waals surface area contributed by atoms with Gasteiger partial charge in [0, 0.05) is 132 Å². The van der Waals surface area contributed by atoms with Gasteiger partial charge in [0.2, 0.25) is 0 Å². The van der Waals surface area contributed by atoms with E-state index in [0.29, 0.717) is 11.6 Å². The van der Waals surface area contributed by atoms with E-state index >= 15 is 0 Å². The van der Waals surface area contributed by atoms with Crippen molar-refractivity contribution in [2.45, 2.75) is 0 Å². The maximum atomic E-state index is 5.24. The van der Waals surface area contributed by atoms with Crippen LogP contribution in [0.5, 0.6) is 0 Å². The van der Waals surface area contributed by atoms with Crippen LogP contribution in [0.25, 0.3) is 266 Å². The van der Waals surface area contributed by atoms with E-state index in [9.17, 15) is 0 Å². The van der Waals surface area contributed by atoms with Crippen LogP contribution in [0.1, 0.15) is 0 Å². The average molecular weight is 1790 g/mol. The highest BCUT2D eigenvalue weighted by molar-refractivity contribution is 6.16. The average Bonchev–Trinajstić information content (AvgIpc) is 1.58. The lowest BCUT2D eigenvalue weighted by Crippen LogP contribution is -1.97. The minimum absolute atomic E-state index is 0.707. The Morgan fingerprint density at radius 3 is 0.671 bits per heavy atom. The molecule has 20 aromatic carbocycles. The molecule has 0 saturated heterocycles. The van der Waals surface area contributed by atoms with E-state index in [0.717, 1.165) is 167 Å². The second-order valence-electron chi connectivity index (χ2n) is 35.8. The molecule has 0 amide bonds. The standard InChI is InChI=1S/C65H41N5.C64H40N6/c1-3-15-42(16-4-1)58-41-48-19-7-8-20-51(48)63(66-58)43-27-33-49(34-28-43)69-59-25-13-10-21-52(59)55-39-46(31-37-61(55)69)47-32-38-62-56(40-47)53-22-11-14-26-60(53)70(62)50-35-29-44(30-36-50)64-54-23-9-12-24-57(54)67-65(68-64)45-17-5-2-6-18-45;1-3-15-41(16-4-1)61-51-21-7-11-23-55(51)65-63(67-61)43-27-33-47(34-28-43)69-57-25-13-9-19-49(57)53-39-45(31-37-59(53)69)46-32-38-60-54(40-46)50-20-10-14-26-58(50)70(60)48-35-29-44(30-36-48)64-66-56-24-12-8-22-52(56)62(68-64)42-17-5-2-6-18-42/h1-41H;1-40H. The molecule has 140 heavy (non-hydrogen) atoms. The molecule has 0 aliphatic heterocycles. The fourth-order valence-electron chi connectivity index (χ4n) is 21.0. The van der Waals surface area contributed by atoms with Crippen LogP contribution < -0.4 is 0 Å². The molecule has 0 aliphatic rings. The Morgan fingerprint density at radius 1 is 0.129 bits per heavy atom. The molecular formula is C129H81N11. The smallest absolute Gasteiger partial charge is 0.160 e. The molecule has 28 rings (SSSR count). The molecule has 0 unspecified atom stereocenters. The zero-order chi connectivity index (χ0) is 92.2. The number of pyridine rings is 1. The van der Waals surface area contributed by atoms with Crippen molar-refractivity contribution in [2.24, 2.45) is 0 Å². The normalized spacial score (nSPS) is 11.7. The summed E-state index contributed by atoms with van der Waals surface area (Å²) in [4.78, 5) is 35.6. The first-order chi connectivity index (χ1) is 69.4. The van der Waals surface area contributed by atoms with Crippen LogP contribution in [0, 0.1) is 0 Å². The van der Waals surface area contributed by atoms with Crippen molar-refractivity contribution >= 4 is 131 Å². The van der Waals surface area contributed by atoms with Crippen molar-refractivity contribution < 1.29 is 0 Å². The van der Waals surface area contributed by atoms with Crippen molar-refractivity contribution in [2.75, 3.05) is 0 Å². The molecule has 0 N–H and O–H groups in total. The predicted molar refractivity (Wildman–Crippen MR) is 579 cm³/mol. The van der Waals surface area contributed by atoms with Gasteiger partial charge in [-0.1, -0.05) is 322 Å². The summed E-state index contributed by atoms with van der Waals surface area (Å²) in [6, 6.07) is 174. The number of aromatic nitrogens is 11. The number of rotatable bonds is 14. The molecule has 0 atom stereocenters. The van der Waals surface area contributed by atoms with Crippen LogP contribution in [0.4, 0.5) is 0 Å². The molecule has 11 heteroatoms. The number of hydrogen-bond donors (Lipinski definition) is 0. The summed E-state index contributed by atoms with van der Waals surface area (Å²) < 4.78 is 9.50. The van der Waals surface area contributed by atoms with Gasteiger partial charge in [0.05, 0.1) is 89.2 Å². The maximum Gasteiger partial charge on any atom is 0.160 e. The molecular weight excluding hydrogens is 1700 g/mol. The van der Waals surface area contributed by atoms with E-state index in [1.54, 1.807) is 0 Å². The molecule has 11 nitrogen and oxygen atoms in total. The first kappa shape index (κ1) is 80.7. The number of fused-ring (bicyclic) bond motifs is 16. The largest absolute Gasteiger partial charge is 0.309 e. The number of benzene rings is 20. The van der Waals surface area contributed by atoms with Gasteiger partial charge >= 0.3 is 0 Å². The maximum absolute atomic E-state index is 5.24. The molecule has 8 aromatic heterocycles. The van der Waals surface area contributed by atoms with Gasteiger partial charge in [0.1, 0.15) is 0 Å². The zero-order valence-corrected chi connectivity index (χ0v) is 75.7. The summed E-state index contributed by atoms with van der Waals surface area (Å²) in [5.41, 5.74) is 34.2. The molecule has 0 spiro atoms. The van der Waals surface area contributed by atoms with Crippen molar-refractivity contribution in [3.8, 4) is 135 Å². The summed E-state index contributed by atoms with van der Waals surface area (Å²) in [5.74, 6) is 2.14. The first-order valence-corrected chi connectivity index (χ1v) is 47.4. The van der Waals surface area contributed by atoms with E-state index < -0.39 is 0 Å². The molecule has 652 valence electrons. The van der Waals surface area contributed by atoms with Crippen LogP contribution in [0.2, 0.25) is 0 Å². The highest BCUT2D eigenvalue weighted by atomic mass is 15.0. The second-order valence-corrected chi connectivity index (χ2v) is 35.8. The van der Waals surface area contributed by atoms with Gasteiger partial charge in [0.15, 0.2) is 17.5 Å². The van der Waals surface area contributed by atoms with Crippen molar-refractivity contribution in [3.63, 3.8) is 0 Å². The van der Waals surface area contributed by atoms with Crippen LogP contribution >= 0.6 is 0 Å². The third-order valence-corrected chi connectivity index (χ3v) is 27.7. The molecule has 0 aliphatic carbocycles. The van der Waals surface area contributed by atoms with Crippen molar-refractivity contribution in [3.05, 3.63) is 491 Å². The third kappa shape index (κ3) is 13.9. The Labute approximate surface area is 805 Å². The van der Waals surface area contributed by atoms with E-state index in [-0.39, 0.29) is 0 Å². The highest BCUT2D eigenvalue weighted by Crippen LogP contribution is 2.45. The van der Waals surface area contributed by atoms with E-state index in [2.05, 4.69) is 443 Å². The van der Waals surface area contributed by atoms with E-state index in [4.69, 9.17) is 34.9 Å². The van der Waals surface area contributed by atoms with Gasteiger partial charge < -0.3 is 18.3 Å². The van der Waals surface area contributed by atoms with Crippen molar-refractivity contribution in [1.82, 2.24) is 53.2 Å². The Bertz CT molecular complexity index is 9210. The quantitative estimate of drug-likeness (QED) is 0.107. The summed E-state index contributed by atoms with van der Waals surface area (Å²) >= 11 is 0. The van der Waals surface area contributed by atoms with Gasteiger partial charge in [-0.2, -0.15) is 0 Å². The molecule has 0 bridgehead atoms. The van der Waals surface area contributed by atoms with Gasteiger partial charge in [-0.05, 0) is 197 Å². The Kier molecular flexibility index (Phi) is 19.3. The Hall–Kier alpha value is -19.0. The monoisotopic (exact) mass is 1780 g/mol. The minimum atomic E-state index is 0.707. The van der Waals surface area contributed by atoms with Crippen LogP contribution in [-0.4, -0.2) is 53.2 Å². The summed E-state index contributed by atoms with van der Waals surface area (Å²) in [5, 5.41) is 15.1. The fourth-order valence-corrected chi connectivity index (χ4v) is 21.0. The van der Waals surface area contributed by atoms with Crippen LogP contribution in [0.3, 0.4) is 0 Å². The molecule has 8 heterocycles. The Balaban J connectivity index is 0.000000141. The topological polar surface area (TPSA) is 110 Å². The summed E-state index contributed by atoms with van der Waals surface area (Å²) in [6.07, 6.45) is 0. The first-order valence-electron chi connectivity index (χ1n) is 47.4. The molecule has 0 saturated carbocycles. The van der Waals surface area contributed by atoms with E-state index in [1.807, 2.05) is 66.7 Å². The van der Waals surface area contributed by atoms with Gasteiger partial charge in [-0.3, -0.25) is 0 Å². The number of para-hydroxylation sites is 7. The summed E-state index contributed by atoms with van der Waals surface area (Å²) in [6.45, 7) is 0. The van der Waals surface area contributed by atoms with Gasteiger partial charge in [-0.25, -0.2) is 34.9 Å². The van der Waals surface area contributed by atoms with Crippen LogP contribution in [-0.2, 0) is 0 Å². The van der Waals surface area contributed by atoms with Crippen LogP contribution in [0.15, 0.2) is 491 Å². The highest BCUT2D eigenvalue weighted by Gasteiger charge is 2.24. The molecule has 0 radical (unpaired) electrons. The Morgan fingerprint density at radius 2 is 0.350 bits per heavy atom. The molecule has 28 aromatic rings. The van der Waals surface area contributed by atoms with E-state index in [1.165, 1.54) is 87.3 Å². The predicted octanol–water partition coefficient (Wildman–Crippen LogP) is 32.8. The van der Waals surface area contributed by atoms with Gasteiger partial charge in [-0.15, -0.1) is 0 Å². The fraction of sp³-hybridized carbons (Fsp3) is 0. The third-order valence-electron chi connectivity index (χ3n) is 27.7. The lowest BCUT2D eigenvalue weighted by Gasteiger charge is -2.12. The lowest BCUT2D eigenvalue weighted by atomic mass is 10.0. The summed E-state index contributed by atoms with van der Waals surface area (Å²) in [7, 11) is 0. The van der Waals surface area contributed by atoms with Crippen molar-refractivity contribution in [1.29, 1.82) is 0 Å². The number of nitrogens with zero attached hydrogens (tertiary/aromatic N) is 11. The van der Waals surface area contributed by atoms with Gasteiger partial charge in [0.25, 0.3) is 0 Å². The minimum Gasteiger partial charge on any atom is -0.309 e.